The number of fused-ring (bicyclic) bond motifs is 3. The van der Waals surface area contributed by atoms with Gasteiger partial charge in [-0.15, -0.1) is 11.3 Å². The first-order chi connectivity index (χ1) is 12.1. The Hall–Kier alpha value is -2.12. The Morgan fingerprint density at radius 2 is 2.36 bits per heavy atom. The van der Waals surface area contributed by atoms with Crippen LogP contribution in [0.4, 0.5) is 11.5 Å². The van der Waals surface area contributed by atoms with Crippen LogP contribution in [0.5, 0.6) is 0 Å². The van der Waals surface area contributed by atoms with Gasteiger partial charge >= 0.3 is 0 Å². The van der Waals surface area contributed by atoms with Crippen LogP contribution >= 0.6 is 22.9 Å². The largest absolute Gasteiger partial charge is 0.350 e. The Morgan fingerprint density at radius 3 is 3.16 bits per heavy atom. The number of nitrogens with one attached hydrogen (secondary N) is 1. The normalized spacial score (nSPS) is 18.9. The summed E-state index contributed by atoms with van der Waals surface area (Å²) in [4.78, 5) is 34.3. The van der Waals surface area contributed by atoms with Crippen molar-refractivity contribution in [2.45, 2.75) is 25.4 Å². The van der Waals surface area contributed by atoms with E-state index in [1.807, 2.05) is 22.4 Å². The minimum atomic E-state index is -0.230. The number of nitrogens with zero attached hydrogens (tertiary/aromatic N) is 3. The van der Waals surface area contributed by atoms with Crippen LogP contribution in [0.2, 0.25) is 5.02 Å². The van der Waals surface area contributed by atoms with Crippen molar-refractivity contribution >= 4 is 46.3 Å². The van der Waals surface area contributed by atoms with Gasteiger partial charge in [0.2, 0.25) is 11.8 Å². The number of aromatic nitrogens is 1. The molecule has 0 saturated carbocycles. The Morgan fingerprint density at radius 1 is 1.48 bits per heavy atom. The van der Waals surface area contributed by atoms with E-state index in [1.54, 1.807) is 23.6 Å². The highest BCUT2D eigenvalue weighted by atomic mass is 35.5. The van der Waals surface area contributed by atoms with Gasteiger partial charge in [-0.25, -0.2) is 4.98 Å². The van der Waals surface area contributed by atoms with Crippen molar-refractivity contribution in [3.63, 3.8) is 0 Å². The van der Waals surface area contributed by atoms with Crippen molar-refractivity contribution in [2.24, 2.45) is 0 Å². The van der Waals surface area contributed by atoms with Gasteiger partial charge in [0, 0.05) is 17.6 Å². The van der Waals surface area contributed by atoms with Crippen molar-refractivity contribution in [3.05, 3.63) is 39.7 Å². The maximum absolute atomic E-state index is 12.9. The van der Waals surface area contributed by atoms with E-state index < -0.39 is 0 Å². The van der Waals surface area contributed by atoms with Crippen LogP contribution in [0.3, 0.4) is 0 Å². The molecule has 0 aliphatic carbocycles. The fourth-order valence-corrected chi connectivity index (χ4v) is 4.18. The molecule has 2 aromatic heterocycles. The Kier molecular flexibility index (Phi) is 4.35. The van der Waals surface area contributed by atoms with Crippen molar-refractivity contribution in [1.82, 2.24) is 10.3 Å². The molecule has 1 atom stereocenters. The lowest BCUT2D eigenvalue weighted by molar-refractivity contribution is -0.124. The molecule has 6 nitrogen and oxygen atoms in total. The lowest BCUT2D eigenvalue weighted by Gasteiger charge is -2.38. The summed E-state index contributed by atoms with van der Waals surface area (Å²) in [5, 5.41) is 5.29. The summed E-state index contributed by atoms with van der Waals surface area (Å²) in [6, 6.07) is 5.39. The fraction of sp³-hybridized carbons (Fsp3) is 0.353. The molecule has 1 N–H and O–H groups in total. The number of rotatable bonds is 4. The van der Waals surface area contributed by atoms with E-state index in [-0.39, 0.29) is 24.4 Å². The average molecular weight is 377 g/mol. The number of hydrogen-bond donors (Lipinski definition) is 1. The summed E-state index contributed by atoms with van der Waals surface area (Å²) < 4.78 is 0. The van der Waals surface area contributed by atoms with Gasteiger partial charge in [-0.1, -0.05) is 17.7 Å². The first-order valence-electron chi connectivity index (χ1n) is 8.16. The highest BCUT2D eigenvalue weighted by Gasteiger charge is 2.42. The zero-order chi connectivity index (χ0) is 17.4. The van der Waals surface area contributed by atoms with E-state index in [9.17, 15) is 9.59 Å². The van der Waals surface area contributed by atoms with E-state index in [1.165, 1.54) is 4.90 Å². The van der Waals surface area contributed by atoms with E-state index in [0.29, 0.717) is 17.3 Å². The van der Waals surface area contributed by atoms with E-state index in [4.69, 9.17) is 11.6 Å². The fourth-order valence-electron chi connectivity index (χ4n) is 3.38. The molecule has 4 heterocycles. The number of anilines is 2. The molecule has 0 bridgehead atoms. The predicted octanol–water partition coefficient (Wildman–Crippen LogP) is 2.43. The van der Waals surface area contributed by atoms with Crippen LogP contribution in [-0.4, -0.2) is 35.9 Å². The SMILES string of the molecule is O=C(CN1C(=O)C2CCCN2c2ncc(Cl)cc21)NCc1cccs1. The monoisotopic (exact) mass is 376 g/mol. The third-order valence-corrected chi connectivity index (χ3v) is 5.61. The first kappa shape index (κ1) is 16.4. The smallest absolute Gasteiger partial charge is 0.250 e. The molecule has 2 aliphatic heterocycles. The van der Waals surface area contributed by atoms with E-state index in [2.05, 4.69) is 10.3 Å². The van der Waals surface area contributed by atoms with Gasteiger partial charge in [-0.2, -0.15) is 0 Å². The predicted molar refractivity (Wildman–Crippen MR) is 98.1 cm³/mol. The van der Waals surface area contributed by atoms with Crippen LogP contribution in [0, 0.1) is 0 Å². The lowest BCUT2D eigenvalue weighted by atomic mass is 10.1. The summed E-state index contributed by atoms with van der Waals surface area (Å²) in [5.41, 5.74) is 0.613. The molecule has 1 fully saturated rings. The second-order valence-electron chi connectivity index (χ2n) is 6.13. The second-order valence-corrected chi connectivity index (χ2v) is 7.60. The topological polar surface area (TPSA) is 65.5 Å². The number of carbonyl (C=O) groups is 2. The average Bonchev–Trinajstić information content (AvgIpc) is 3.28. The van der Waals surface area contributed by atoms with Crippen molar-refractivity contribution in [3.8, 4) is 0 Å². The molecular weight excluding hydrogens is 360 g/mol. The number of pyridine rings is 1. The molecule has 0 spiro atoms. The Labute approximate surface area is 154 Å². The Bertz CT molecular complexity index is 811. The molecule has 2 aliphatic rings. The minimum Gasteiger partial charge on any atom is -0.350 e. The number of carbonyl (C=O) groups excluding carboxylic acids is 2. The minimum absolute atomic E-state index is 0.0242. The van der Waals surface area contributed by atoms with Crippen molar-refractivity contribution in [1.29, 1.82) is 0 Å². The van der Waals surface area contributed by atoms with Crippen LogP contribution < -0.4 is 15.1 Å². The zero-order valence-electron chi connectivity index (χ0n) is 13.4. The van der Waals surface area contributed by atoms with Gasteiger partial charge in [0.25, 0.3) is 0 Å². The molecule has 8 heteroatoms. The van der Waals surface area contributed by atoms with Gasteiger partial charge in [-0.05, 0) is 30.4 Å². The van der Waals surface area contributed by atoms with Gasteiger partial charge in [0.05, 0.1) is 17.3 Å². The Balaban J connectivity index is 1.55. The molecule has 25 heavy (non-hydrogen) atoms. The molecule has 0 aromatic carbocycles. The van der Waals surface area contributed by atoms with Gasteiger partial charge in [0.1, 0.15) is 12.6 Å². The second kappa shape index (κ2) is 6.65. The standard InChI is InChI=1S/C17H17ClN4O2S/c18-11-7-14-16(20-8-11)21-5-1-4-13(21)17(24)22(14)10-15(23)19-9-12-3-2-6-25-12/h2-3,6-8,13H,1,4-5,9-10H2,(H,19,23). The molecule has 1 saturated heterocycles. The van der Waals surface area contributed by atoms with Crippen LogP contribution in [0.25, 0.3) is 0 Å². The number of amides is 2. The van der Waals surface area contributed by atoms with Gasteiger partial charge in [-0.3, -0.25) is 14.5 Å². The molecule has 2 aromatic rings. The van der Waals surface area contributed by atoms with Crippen LogP contribution in [-0.2, 0) is 16.1 Å². The highest BCUT2D eigenvalue weighted by Crippen LogP contribution is 2.39. The summed E-state index contributed by atoms with van der Waals surface area (Å²) in [7, 11) is 0. The number of hydrogen-bond acceptors (Lipinski definition) is 5. The maximum atomic E-state index is 12.9. The maximum Gasteiger partial charge on any atom is 0.250 e. The zero-order valence-corrected chi connectivity index (χ0v) is 15.0. The van der Waals surface area contributed by atoms with Gasteiger partial charge < -0.3 is 10.2 Å². The summed E-state index contributed by atoms with van der Waals surface area (Å²) in [6.45, 7) is 1.24. The third-order valence-electron chi connectivity index (χ3n) is 4.52. The third kappa shape index (κ3) is 3.09. The summed E-state index contributed by atoms with van der Waals surface area (Å²) >= 11 is 7.66. The number of thiophene rings is 1. The van der Waals surface area contributed by atoms with E-state index in [0.717, 1.165) is 30.1 Å². The molecular formula is C17H17ClN4O2S. The molecule has 130 valence electrons. The first-order valence-corrected chi connectivity index (χ1v) is 9.42. The summed E-state index contributed by atoms with van der Waals surface area (Å²) in [5.74, 6) is 0.483. The van der Waals surface area contributed by atoms with Crippen LogP contribution in [0.1, 0.15) is 17.7 Å². The summed E-state index contributed by atoms with van der Waals surface area (Å²) in [6.07, 6.45) is 3.31. The van der Waals surface area contributed by atoms with Crippen LogP contribution in [0.15, 0.2) is 29.8 Å². The molecule has 0 radical (unpaired) electrons. The number of halogens is 1. The highest BCUT2D eigenvalue weighted by molar-refractivity contribution is 7.09. The van der Waals surface area contributed by atoms with Gasteiger partial charge in [0.15, 0.2) is 5.82 Å². The van der Waals surface area contributed by atoms with E-state index >= 15 is 0 Å². The van der Waals surface area contributed by atoms with Crippen molar-refractivity contribution < 1.29 is 9.59 Å². The molecule has 1 unspecified atom stereocenters. The molecule has 4 rings (SSSR count). The quantitative estimate of drug-likeness (QED) is 0.890. The lowest BCUT2D eigenvalue weighted by Crippen LogP contribution is -2.53. The molecule has 2 amide bonds. The van der Waals surface area contributed by atoms with Crippen molar-refractivity contribution in [2.75, 3.05) is 22.9 Å².